The number of hydrogen-bond acceptors (Lipinski definition) is 5. The van der Waals surface area contributed by atoms with Crippen LogP contribution in [0.15, 0.2) is 12.1 Å². The molecule has 1 aliphatic carbocycles. The second-order valence-corrected chi connectivity index (χ2v) is 11.4. The Hall–Kier alpha value is -1.59. The maximum absolute atomic E-state index is 12.4. The van der Waals surface area contributed by atoms with E-state index in [4.69, 9.17) is 14.2 Å². The molecule has 3 rings (SSSR count). The second kappa shape index (κ2) is 7.52. The van der Waals surface area contributed by atoms with Crippen LogP contribution in [0.5, 0.6) is 5.75 Å². The lowest BCUT2D eigenvalue weighted by molar-refractivity contribution is -0.277. The Balaban J connectivity index is 1.53. The SMILES string of the molecule is Cc1cc(CCC(=O)OCC(C)(C)C2OCC3(C)CC3(C)O2)cc(C(C)(C)C)c1O. The molecule has 2 fully saturated rings. The first kappa shape index (κ1) is 23.1. The molecular formula is C25H38O5. The van der Waals surface area contributed by atoms with Crippen LogP contribution in [0.2, 0.25) is 0 Å². The van der Waals surface area contributed by atoms with Gasteiger partial charge in [-0.25, -0.2) is 0 Å². The number of rotatable bonds is 6. The van der Waals surface area contributed by atoms with Gasteiger partial charge in [0.05, 0.1) is 12.2 Å². The Morgan fingerprint density at radius 2 is 1.90 bits per heavy atom. The van der Waals surface area contributed by atoms with E-state index in [2.05, 4.69) is 34.6 Å². The number of benzene rings is 1. The van der Waals surface area contributed by atoms with E-state index in [-0.39, 0.29) is 35.3 Å². The number of phenolic OH excluding ortho intramolecular Hbond substituents is 1. The van der Waals surface area contributed by atoms with Crippen molar-refractivity contribution in [2.24, 2.45) is 10.8 Å². The lowest BCUT2D eigenvalue weighted by Crippen LogP contribution is -2.46. The van der Waals surface area contributed by atoms with Crippen LogP contribution in [-0.2, 0) is 30.8 Å². The van der Waals surface area contributed by atoms with Crippen LogP contribution in [0.4, 0.5) is 0 Å². The van der Waals surface area contributed by atoms with Crippen molar-refractivity contribution in [3.8, 4) is 5.75 Å². The summed E-state index contributed by atoms with van der Waals surface area (Å²) in [6.07, 6.45) is 1.51. The number of esters is 1. The summed E-state index contributed by atoms with van der Waals surface area (Å²) in [5.74, 6) is 0.105. The predicted octanol–water partition coefficient (Wildman–Crippen LogP) is 5.04. The average Bonchev–Trinajstić information content (AvgIpc) is 3.21. The highest BCUT2D eigenvalue weighted by Crippen LogP contribution is 2.62. The van der Waals surface area contributed by atoms with Gasteiger partial charge in [-0.1, -0.05) is 53.7 Å². The van der Waals surface area contributed by atoms with Gasteiger partial charge in [0, 0.05) is 17.3 Å². The van der Waals surface area contributed by atoms with Crippen molar-refractivity contribution in [3.63, 3.8) is 0 Å². The molecule has 1 N–H and O–H groups in total. The zero-order valence-electron chi connectivity index (χ0n) is 19.8. The summed E-state index contributed by atoms with van der Waals surface area (Å²) in [7, 11) is 0. The molecule has 5 heteroatoms. The van der Waals surface area contributed by atoms with Gasteiger partial charge in [0.25, 0.3) is 0 Å². The molecule has 1 aromatic carbocycles. The highest BCUT2D eigenvalue weighted by Gasteiger charge is 2.67. The highest BCUT2D eigenvalue weighted by atomic mass is 16.7. The van der Waals surface area contributed by atoms with Crippen molar-refractivity contribution < 1.29 is 24.1 Å². The molecule has 168 valence electrons. The van der Waals surface area contributed by atoms with Crippen LogP contribution < -0.4 is 0 Å². The third kappa shape index (κ3) is 4.52. The normalized spacial score (nSPS) is 28.7. The maximum Gasteiger partial charge on any atom is 0.306 e. The molecule has 1 aromatic rings. The molecule has 0 aromatic heterocycles. The summed E-state index contributed by atoms with van der Waals surface area (Å²) >= 11 is 0. The summed E-state index contributed by atoms with van der Waals surface area (Å²) in [6, 6.07) is 3.94. The fraction of sp³-hybridized carbons (Fsp3) is 0.720. The van der Waals surface area contributed by atoms with E-state index in [0.29, 0.717) is 25.2 Å². The van der Waals surface area contributed by atoms with E-state index in [1.807, 2.05) is 32.9 Å². The maximum atomic E-state index is 12.4. The van der Waals surface area contributed by atoms with Crippen LogP contribution in [0.25, 0.3) is 0 Å². The molecule has 0 spiro atoms. The number of ether oxygens (including phenoxy) is 3. The molecule has 0 bridgehead atoms. The second-order valence-electron chi connectivity index (χ2n) is 11.4. The summed E-state index contributed by atoms with van der Waals surface area (Å²) in [5, 5.41) is 10.4. The standard InChI is InChI=1S/C25H38O5/c1-16-11-17(12-18(20(16)27)22(2,3)4)9-10-19(26)28-14-23(5,6)21-29-15-24(7)13-25(24,8)30-21/h11-12,21,27H,9-10,13-15H2,1-8H3. The van der Waals surface area contributed by atoms with Gasteiger partial charge in [-0.2, -0.15) is 0 Å². The molecule has 1 aliphatic heterocycles. The fourth-order valence-corrected chi connectivity index (χ4v) is 4.23. The van der Waals surface area contributed by atoms with Crippen LogP contribution in [0.1, 0.15) is 78.0 Å². The summed E-state index contributed by atoms with van der Waals surface area (Å²) in [6.45, 7) is 17.4. The zero-order valence-corrected chi connectivity index (χ0v) is 19.8. The minimum atomic E-state index is -0.420. The first-order chi connectivity index (χ1) is 13.7. The van der Waals surface area contributed by atoms with E-state index in [9.17, 15) is 9.90 Å². The number of carbonyl (C=O) groups is 1. The van der Waals surface area contributed by atoms with Gasteiger partial charge in [-0.05, 0) is 48.8 Å². The van der Waals surface area contributed by atoms with Gasteiger partial charge in [-0.15, -0.1) is 0 Å². The molecule has 2 aliphatic rings. The molecular weight excluding hydrogens is 380 g/mol. The van der Waals surface area contributed by atoms with Gasteiger partial charge in [-0.3, -0.25) is 4.79 Å². The Morgan fingerprint density at radius 1 is 1.23 bits per heavy atom. The van der Waals surface area contributed by atoms with E-state index in [1.165, 1.54) is 0 Å². The van der Waals surface area contributed by atoms with Gasteiger partial charge < -0.3 is 19.3 Å². The lowest BCUT2D eigenvalue weighted by Gasteiger charge is -2.40. The van der Waals surface area contributed by atoms with Crippen LogP contribution in [-0.4, -0.2) is 36.2 Å². The van der Waals surface area contributed by atoms with Crippen LogP contribution >= 0.6 is 0 Å². The molecule has 1 heterocycles. The van der Waals surface area contributed by atoms with Crippen molar-refractivity contribution in [3.05, 3.63) is 28.8 Å². The van der Waals surface area contributed by atoms with E-state index >= 15 is 0 Å². The van der Waals surface area contributed by atoms with Crippen LogP contribution in [0, 0.1) is 17.8 Å². The predicted molar refractivity (Wildman–Crippen MR) is 117 cm³/mol. The van der Waals surface area contributed by atoms with Crippen molar-refractivity contribution in [2.45, 2.75) is 92.0 Å². The van der Waals surface area contributed by atoms with Crippen molar-refractivity contribution >= 4 is 5.97 Å². The van der Waals surface area contributed by atoms with E-state index in [1.54, 1.807) is 0 Å². The minimum absolute atomic E-state index is 0.115. The summed E-state index contributed by atoms with van der Waals surface area (Å²) in [4.78, 5) is 12.4. The van der Waals surface area contributed by atoms with E-state index in [0.717, 1.165) is 23.1 Å². The number of carbonyl (C=O) groups excluding carboxylic acids is 1. The Morgan fingerprint density at radius 3 is 2.50 bits per heavy atom. The van der Waals surface area contributed by atoms with Gasteiger partial charge in [0.15, 0.2) is 6.29 Å². The van der Waals surface area contributed by atoms with Gasteiger partial charge in [0.1, 0.15) is 12.4 Å². The number of hydrogen-bond donors (Lipinski definition) is 1. The van der Waals surface area contributed by atoms with Crippen LogP contribution in [0.3, 0.4) is 0 Å². The number of aromatic hydroxyl groups is 1. The molecule has 5 nitrogen and oxygen atoms in total. The molecule has 30 heavy (non-hydrogen) atoms. The van der Waals surface area contributed by atoms with E-state index < -0.39 is 5.41 Å². The fourth-order valence-electron chi connectivity index (χ4n) is 4.23. The first-order valence-corrected chi connectivity index (χ1v) is 10.9. The smallest absolute Gasteiger partial charge is 0.306 e. The molecule has 3 atom stereocenters. The van der Waals surface area contributed by atoms with Gasteiger partial charge in [0.2, 0.25) is 0 Å². The third-order valence-corrected chi connectivity index (χ3v) is 6.83. The highest BCUT2D eigenvalue weighted by molar-refractivity contribution is 5.69. The van der Waals surface area contributed by atoms with Gasteiger partial charge >= 0.3 is 5.97 Å². The topological polar surface area (TPSA) is 65.0 Å². The monoisotopic (exact) mass is 418 g/mol. The molecule has 1 saturated heterocycles. The summed E-state index contributed by atoms with van der Waals surface area (Å²) in [5.41, 5.74) is 2.17. The Labute approximate surface area is 181 Å². The lowest BCUT2D eigenvalue weighted by atomic mass is 9.83. The minimum Gasteiger partial charge on any atom is -0.507 e. The quantitative estimate of drug-likeness (QED) is 0.656. The van der Waals surface area contributed by atoms with Crippen molar-refractivity contribution in [2.75, 3.05) is 13.2 Å². The first-order valence-electron chi connectivity index (χ1n) is 10.9. The number of phenols is 1. The van der Waals surface area contributed by atoms with Crippen molar-refractivity contribution in [1.29, 1.82) is 0 Å². The Kier molecular flexibility index (Phi) is 5.79. The average molecular weight is 419 g/mol. The number of aryl methyl sites for hydroxylation is 2. The largest absolute Gasteiger partial charge is 0.507 e. The molecule has 1 saturated carbocycles. The molecule has 0 amide bonds. The zero-order chi connectivity index (χ0) is 22.5. The Bertz CT molecular complexity index is 822. The third-order valence-electron chi connectivity index (χ3n) is 6.83. The molecule has 3 unspecified atom stereocenters. The molecule has 0 radical (unpaired) electrons. The van der Waals surface area contributed by atoms with Crippen molar-refractivity contribution in [1.82, 2.24) is 0 Å². The number of fused-ring (bicyclic) bond motifs is 1. The summed E-state index contributed by atoms with van der Waals surface area (Å²) < 4.78 is 17.8.